The van der Waals surface area contributed by atoms with Crippen molar-refractivity contribution in [1.29, 1.82) is 0 Å². The van der Waals surface area contributed by atoms with Gasteiger partial charge in [-0.05, 0) is 54.8 Å². The van der Waals surface area contributed by atoms with Crippen LogP contribution in [0.3, 0.4) is 0 Å². The Morgan fingerprint density at radius 3 is 2.65 bits per heavy atom. The number of carbonyl (C=O) groups is 1. The number of rotatable bonds is 4. The number of fused-ring (bicyclic) bond motifs is 1. The van der Waals surface area contributed by atoms with E-state index in [0.717, 1.165) is 5.56 Å². The van der Waals surface area contributed by atoms with Crippen molar-refractivity contribution in [2.75, 3.05) is 17.6 Å². The molecule has 1 heterocycles. The number of anilines is 1. The third-order valence-electron chi connectivity index (χ3n) is 4.49. The molecule has 26 heavy (non-hydrogen) atoms. The first-order valence-corrected chi connectivity index (χ1v) is 10.1. The van der Waals surface area contributed by atoms with Crippen molar-refractivity contribution < 1.29 is 17.6 Å². The zero-order valence-corrected chi connectivity index (χ0v) is 15.8. The van der Waals surface area contributed by atoms with Crippen molar-refractivity contribution in [3.05, 3.63) is 65.0 Å². The Morgan fingerprint density at radius 2 is 2.00 bits per heavy atom. The highest BCUT2D eigenvalue weighted by Crippen LogP contribution is 2.34. The summed E-state index contributed by atoms with van der Waals surface area (Å²) in [5.74, 6) is -0.529. The molecule has 2 aromatic rings. The summed E-state index contributed by atoms with van der Waals surface area (Å²) in [7, 11) is -1.70. The van der Waals surface area contributed by atoms with Gasteiger partial charge in [-0.3, -0.25) is 9.10 Å². The number of hydrogen-bond donors (Lipinski definition) is 0. The van der Waals surface area contributed by atoms with E-state index < -0.39 is 10.0 Å². The van der Waals surface area contributed by atoms with Gasteiger partial charge in [0.25, 0.3) is 5.91 Å². The van der Waals surface area contributed by atoms with Crippen LogP contribution in [0.25, 0.3) is 0 Å². The first kappa shape index (κ1) is 18.4. The Bertz CT molecular complexity index is 959. The Hall–Kier alpha value is -2.41. The fraction of sp³-hybridized carbons (Fsp3) is 0.316. The van der Waals surface area contributed by atoms with Gasteiger partial charge in [-0.2, -0.15) is 0 Å². The normalized spacial score (nSPS) is 16.5. The van der Waals surface area contributed by atoms with Crippen molar-refractivity contribution >= 4 is 21.6 Å². The molecule has 0 unspecified atom stereocenters. The molecule has 0 fully saturated rings. The van der Waals surface area contributed by atoms with Gasteiger partial charge in [0.1, 0.15) is 5.82 Å². The lowest BCUT2D eigenvalue weighted by atomic mass is 10.1. The average Bonchev–Trinajstić information content (AvgIpc) is 2.88. The molecule has 1 amide bonds. The maximum Gasteiger partial charge on any atom is 0.253 e. The number of halogens is 1. The first-order valence-electron chi connectivity index (χ1n) is 8.29. The molecule has 0 radical (unpaired) electrons. The van der Waals surface area contributed by atoms with Crippen LogP contribution in [0.1, 0.15) is 28.4 Å². The van der Waals surface area contributed by atoms with Gasteiger partial charge < -0.3 is 4.90 Å². The van der Waals surface area contributed by atoms with Crippen molar-refractivity contribution in [1.82, 2.24) is 4.90 Å². The summed E-state index contributed by atoms with van der Waals surface area (Å²) in [6, 6.07) is 11.0. The smallest absolute Gasteiger partial charge is 0.253 e. The Labute approximate surface area is 153 Å². The highest BCUT2D eigenvalue weighted by molar-refractivity contribution is 7.92. The summed E-state index contributed by atoms with van der Waals surface area (Å²) in [6.07, 6.45) is 1.75. The van der Waals surface area contributed by atoms with Crippen LogP contribution in [-0.2, 0) is 23.0 Å². The molecule has 0 saturated heterocycles. The molecule has 5 nitrogen and oxygen atoms in total. The molecule has 2 aromatic carbocycles. The fourth-order valence-corrected chi connectivity index (χ4v) is 4.71. The minimum Gasteiger partial charge on any atom is -0.337 e. The average molecular weight is 376 g/mol. The van der Waals surface area contributed by atoms with E-state index in [1.165, 1.54) is 27.6 Å². The van der Waals surface area contributed by atoms with E-state index in [2.05, 4.69) is 0 Å². The Balaban J connectivity index is 1.83. The Morgan fingerprint density at radius 1 is 1.27 bits per heavy atom. The summed E-state index contributed by atoms with van der Waals surface area (Å²) < 4.78 is 38.7. The van der Waals surface area contributed by atoms with E-state index in [-0.39, 0.29) is 17.8 Å². The minimum atomic E-state index is -3.36. The van der Waals surface area contributed by atoms with Crippen molar-refractivity contribution in [3.63, 3.8) is 0 Å². The molecular formula is C19H21FN2O3S. The van der Waals surface area contributed by atoms with Gasteiger partial charge in [-0.1, -0.05) is 12.1 Å². The van der Waals surface area contributed by atoms with Crippen LogP contribution in [0.5, 0.6) is 0 Å². The molecule has 0 aromatic heterocycles. The van der Waals surface area contributed by atoms with E-state index in [9.17, 15) is 17.6 Å². The first-order chi connectivity index (χ1) is 12.2. The monoisotopic (exact) mass is 376 g/mol. The maximum atomic E-state index is 13.3. The fourth-order valence-electron chi connectivity index (χ4n) is 3.44. The molecule has 0 spiro atoms. The van der Waals surface area contributed by atoms with Crippen LogP contribution in [-0.4, -0.2) is 38.6 Å². The van der Waals surface area contributed by atoms with Gasteiger partial charge in [0.2, 0.25) is 10.0 Å². The molecule has 1 atom stereocenters. The largest absolute Gasteiger partial charge is 0.337 e. The lowest BCUT2D eigenvalue weighted by Gasteiger charge is -2.22. The second kappa shape index (κ2) is 6.72. The SMILES string of the molecule is C[C@H]1Cc2cc(C(=O)N(C)Cc3cccc(F)c3)ccc2N1S(C)(=O)=O. The molecule has 1 aliphatic rings. The zero-order chi connectivity index (χ0) is 19.1. The number of amides is 1. The standard InChI is InChI=1S/C19H21FN2O3S/c1-13-9-16-11-15(7-8-18(16)22(13)26(3,24)25)19(23)21(2)12-14-5-4-6-17(20)10-14/h4-8,10-11,13H,9,12H2,1-3H3/t13-/m0/s1. The van der Waals surface area contributed by atoms with Crippen LogP contribution in [0.2, 0.25) is 0 Å². The number of benzene rings is 2. The molecule has 1 aliphatic heterocycles. The molecule has 0 bridgehead atoms. The zero-order valence-electron chi connectivity index (χ0n) is 14.9. The van der Waals surface area contributed by atoms with Crippen molar-refractivity contribution in [2.24, 2.45) is 0 Å². The second-order valence-corrected chi connectivity index (χ2v) is 8.61. The lowest BCUT2D eigenvalue weighted by molar-refractivity contribution is 0.0785. The topological polar surface area (TPSA) is 57.7 Å². The molecule has 7 heteroatoms. The van der Waals surface area contributed by atoms with Crippen molar-refractivity contribution in [3.8, 4) is 0 Å². The summed E-state index contributed by atoms with van der Waals surface area (Å²) >= 11 is 0. The van der Waals surface area contributed by atoms with Crippen molar-refractivity contribution in [2.45, 2.75) is 25.9 Å². The van der Waals surface area contributed by atoms with Crippen LogP contribution in [0.15, 0.2) is 42.5 Å². The number of hydrogen-bond acceptors (Lipinski definition) is 3. The number of nitrogens with zero attached hydrogens (tertiary/aromatic N) is 2. The van der Waals surface area contributed by atoms with Crippen LogP contribution in [0.4, 0.5) is 10.1 Å². The van der Waals surface area contributed by atoms with E-state index in [1.807, 2.05) is 6.92 Å². The lowest BCUT2D eigenvalue weighted by Crippen LogP contribution is -2.34. The Kier molecular flexibility index (Phi) is 4.75. The van der Waals surface area contributed by atoms with Gasteiger partial charge in [-0.25, -0.2) is 12.8 Å². The third-order valence-corrected chi connectivity index (χ3v) is 5.76. The third kappa shape index (κ3) is 3.58. The quantitative estimate of drug-likeness (QED) is 0.825. The maximum absolute atomic E-state index is 13.3. The number of sulfonamides is 1. The van der Waals surface area contributed by atoms with Gasteiger partial charge in [0.05, 0.1) is 11.9 Å². The van der Waals surface area contributed by atoms with E-state index in [4.69, 9.17) is 0 Å². The minimum absolute atomic E-state index is 0.171. The molecule has 0 aliphatic carbocycles. The molecule has 0 saturated carbocycles. The number of carbonyl (C=O) groups excluding carboxylic acids is 1. The summed E-state index contributed by atoms with van der Waals surface area (Å²) in [4.78, 5) is 14.2. The van der Waals surface area contributed by atoms with Crippen LogP contribution in [0, 0.1) is 5.82 Å². The predicted octanol–water partition coefficient (Wildman–Crippen LogP) is 2.81. The highest BCUT2D eigenvalue weighted by Gasteiger charge is 2.33. The van der Waals surface area contributed by atoms with Crippen LogP contribution < -0.4 is 4.31 Å². The molecular weight excluding hydrogens is 355 g/mol. The molecule has 0 N–H and O–H groups in total. The summed E-state index contributed by atoms with van der Waals surface area (Å²) in [6.45, 7) is 2.14. The van der Waals surface area contributed by atoms with Gasteiger partial charge in [0, 0.05) is 25.2 Å². The van der Waals surface area contributed by atoms with E-state index in [0.29, 0.717) is 29.8 Å². The molecule has 138 valence electrons. The highest BCUT2D eigenvalue weighted by atomic mass is 32.2. The summed E-state index contributed by atoms with van der Waals surface area (Å²) in [5.41, 5.74) is 2.67. The van der Waals surface area contributed by atoms with E-state index in [1.54, 1.807) is 37.4 Å². The predicted molar refractivity (Wildman–Crippen MR) is 99.1 cm³/mol. The van der Waals surface area contributed by atoms with Gasteiger partial charge >= 0.3 is 0 Å². The van der Waals surface area contributed by atoms with E-state index >= 15 is 0 Å². The van der Waals surface area contributed by atoms with Crippen LogP contribution >= 0.6 is 0 Å². The molecule has 3 rings (SSSR count). The summed E-state index contributed by atoms with van der Waals surface area (Å²) in [5, 5.41) is 0. The van der Waals surface area contributed by atoms with Gasteiger partial charge in [-0.15, -0.1) is 0 Å². The second-order valence-electron chi connectivity index (χ2n) is 6.75. The van der Waals surface area contributed by atoms with Gasteiger partial charge in [0.15, 0.2) is 0 Å².